The van der Waals surface area contributed by atoms with Crippen molar-refractivity contribution in [3.05, 3.63) is 47.3 Å². The van der Waals surface area contributed by atoms with Crippen LogP contribution in [0.3, 0.4) is 0 Å². The number of anilines is 2. The lowest BCUT2D eigenvalue weighted by Gasteiger charge is -2.13. The fraction of sp³-hybridized carbons (Fsp3) is 0.200. The average molecular weight is 469 g/mol. The number of nitrogens with two attached hydrogens (primary N) is 2. The minimum atomic E-state index is -1.37. The highest BCUT2D eigenvalue weighted by Gasteiger charge is 2.22. The van der Waals surface area contributed by atoms with E-state index in [-0.39, 0.29) is 52.8 Å². The number of nitrogen functional groups attached to an aromatic ring is 2. The number of esters is 1. The van der Waals surface area contributed by atoms with Gasteiger partial charge in [-0.05, 0) is 30.7 Å². The summed E-state index contributed by atoms with van der Waals surface area (Å²) in [6.45, 7) is -0.225. The van der Waals surface area contributed by atoms with E-state index in [2.05, 4.69) is 25.3 Å². The van der Waals surface area contributed by atoms with Crippen LogP contribution < -0.4 is 16.8 Å². The molecule has 0 aliphatic heterocycles. The van der Waals surface area contributed by atoms with Crippen molar-refractivity contribution in [2.24, 2.45) is 0 Å². The molecule has 0 saturated heterocycles. The Morgan fingerprint density at radius 3 is 2.32 bits per heavy atom. The fourth-order valence-corrected chi connectivity index (χ4v) is 2.80. The summed E-state index contributed by atoms with van der Waals surface area (Å²) in [6, 6.07) is 3.89. The van der Waals surface area contributed by atoms with Gasteiger partial charge < -0.3 is 31.7 Å². The number of nitrogens with zero attached hydrogens (tertiary/aromatic N) is 4. The number of carbonyl (C=O) groups excluding carboxylic acids is 2. The number of hydrogen-bond donors (Lipinski definition) is 5. The number of carboxylic acid groups (broad SMARTS) is 2. The molecule has 2 heterocycles. The highest BCUT2D eigenvalue weighted by atomic mass is 16.5. The van der Waals surface area contributed by atoms with Crippen LogP contribution >= 0.6 is 0 Å². The van der Waals surface area contributed by atoms with Gasteiger partial charge in [-0.2, -0.15) is 9.97 Å². The van der Waals surface area contributed by atoms with Gasteiger partial charge in [-0.15, -0.1) is 0 Å². The minimum absolute atomic E-state index is 0.0325. The molecule has 14 nitrogen and oxygen atoms in total. The second-order valence-corrected chi connectivity index (χ2v) is 6.95. The smallest absolute Gasteiger partial charge is 0.338 e. The van der Waals surface area contributed by atoms with Crippen molar-refractivity contribution >= 4 is 46.7 Å². The zero-order chi connectivity index (χ0) is 24.8. The molecular formula is C20H19N7O7. The number of carbonyl (C=O) groups is 4. The Bertz CT molecular complexity index is 1260. The fourth-order valence-electron chi connectivity index (χ4n) is 2.80. The number of ether oxygens (including phenoxy) is 1. The summed E-state index contributed by atoms with van der Waals surface area (Å²) in [5.41, 5.74) is 12.2. The molecule has 0 radical (unpaired) electrons. The number of fused-ring (bicyclic) bond motifs is 1. The molecule has 176 valence electrons. The second kappa shape index (κ2) is 10.2. The molecular weight excluding hydrogens is 450 g/mol. The number of amides is 1. The number of aliphatic carboxylic acids is 2. The molecule has 0 aliphatic carbocycles. The van der Waals surface area contributed by atoms with Gasteiger partial charge in [0.25, 0.3) is 5.91 Å². The lowest BCUT2D eigenvalue weighted by atomic mass is 10.1. The van der Waals surface area contributed by atoms with E-state index in [1.807, 2.05) is 0 Å². The van der Waals surface area contributed by atoms with Crippen molar-refractivity contribution in [3.63, 3.8) is 0 Å². The molecule has 2 aromatic heterocycles. The van der Waals surface area contributed by atoms with Crippen molar-refractivity contribution in [1.29, 1.82) is 0 Å². The molecule has 0 aliphatic rings. The van der Waals surface area contributed by atoms with Gasteiger partial charge in [0, 0.05) is 12.0 Å². The largest absolute Gasteiger partial charge is 0.481 e. The third kappa shape index (κ3) is 5.87. The van der Waals surface area contributed by atoms with Crippen molar-refractivity contribution in [2.75, 3.05) is 11.5 Å². The van der Waals surface area contributed by atoms with Crippen LogP contribution in [0.25, 0.3) is 11.2 Å². The van der Waals surface area contributed by atoms with E-state index in [0.717, 1.165) is 0 Å². The predicted octanol–water partition coefficient (Wildman–Crippen LogP) is -0.0110. The van der Waals surface area contributed by atoms with Crippen molar-refractivity contribution in [2.45, 2.75) is 25.5 Å². The lowest BCUT2D eigenvalue weighted by Crippen LogP contribution is -2.41. The van der Waals surface area contributed by atoms with Gasteiger partial charge in [-0.3, -0.25) is 9.59 Å². The Hall–Kier alpha value is -4.88. The van der Waals surface area contributed by atoms with Crippen LogP contribution in [0.15, 0.2) is 30.5 Å². The first kappa shape index (κ1) is 23.8. The molecule has 1 amide bonds. The first-order chi connectivity index (χ1) is 16.1. The molecule has 1 unspecified atom stereocenters. The molecule has 1 atom stereocenters. The van der Waals surface area contributed by atoms with Crippen LogP contribution in [0.5, 0.6) is 0 Å². The summed E-state index contributed by atoms with van der Waals surface area (Å²) in [5.74, 6) is -3.99. The van der Waals surface area contributed by atoms with Gasteiger partial charge in [0.2, 0.25) is 5.95 Å². The van der Waals surface area contributed by atoms with E-state index < -0.39 is 36.3 Å². The molecule has 0 bridgehead atoms. The Labute approximate surface area is 191 Å². The molecule has 3 aromatic rings. The Kier molecular flexibility index (Phi) is 7.10. The number of rotatable bonds is 9. The van der Waals surface area contributed by atoms with Gasteiger partial charge >= 0.3 is 17.9 Å². The molecule has 14 heteroatoms. The van der Waals surface area contributed by atoms with Gasteiger partial charge in [0.05, 0.1) is 17.5 Å². The zero-order valence-electron chi connectivity index (χ0n) is 17.5. The zero-order valence-corrected chi connectivity index (χ0v) is 17.5. The summed E-state index contributed by atoms with van der Waals surface area (Å²) in [5, 5.41) is 20.1. The predicted molar refractivity (Wildman–Crippen MR) is 115 cm³/mol. The highest BCUT2D eigenvalue weighted by Crippen LogP contribution is 2.15. The normalized spacial score (nSPS) is 11.5. The van der Waals surface area contributed by atoms with E-state index >= 15 is 0 Å². The van der Waals surface area contributed by atoms with E-state index in [4.69, 9.17) is 26.4 Å². The molecule has 1 aromatic carbocycles. The second-order valence-electron chi connectivity index (χ2n) is 6.95. The van der Waals surface area contributed by atoms with Gasteiger partial charge in [-0.25, -0.2) is 19.6 Å². The molecule has 0 spiro atoms. The summed E-state index contributed by atoms with van der Waals surface area (Å²) in [6.07, 6.45) is 0.652. The van der Waals surface area contributed by atoms with Gasteiger partial charge in [0.15, 0.2) is 17.0 Å². The lowest BCUT2D eigenvalue weighted by molar-refractivity contribution is -0.140. The molecule has 3 rings (SSSR count). The van der Waals surface area contributed by atoms with E-state index in [9.17, 15) is 19.2 Å². The average Bonchev–Trinajstić information content (AvgIpc) is 2.79. The summed E-state index contributed by atoms with van der Waals surface area (Å²) >= 11 is 0. The molecule has 0 saturated carbocycles. The first-order valence-corrected chi connectivity index (χ1v) is 9.71. The van der Waals surface area contributed by atoms with Crippen LogP contribution in [0.1, 0.15) is 39.3 Å². The van der Waals surface area contributed by atoms with Crippen molar-refractivity contribution in [1.82, 2.24) is 25.3 Å². The topological polar surface area (TPSA) is 234 Å². The molecule has 7 N–H and O–H groups in total. The Morgan fingerprint density at radius 1 is 1.00 bits per heavy atom. The monoisotopic (exact) mass is 469 g/mol. The third-order valence-corrected chi connectivity index (χ3v) is 4.49. The van der Waals surface area contributed by atoms with Crippen LogP contribution in [0, 0.1) is 0 Å². The van der Waals surface area contributed by atoms with Gasteiger partial charge in [0.1, 0.15) is 12.6 Å². The summed E-state index contributed by atoms with van der Waals surface area (Å²) < 4.78 is 5.20. The van der Waals surface area contributed by atoms with Crippen LogP contribution in [0.2, 0.25) is 0 Å². The van der Waals surface area contributed by atoms with Crippen molar-refractivity contribution in [3.8, 4) is 0 Å². The number of carboxylic acids is 2. The number of nitrogens with one attached hydrogen (secondary N) is 1. The molecule has 0 fully saturated rings. The quantitative estimate of drug-likeness (QED) is 0.260. The molecule has 34 heavy (non-hydrogen) atoms. The van der Waals surface area contributed by atoms with Crippen LogP contribution in [-0.2, 0) is 20.9 Å². The van der Waals surface area contributed by atoms with E-state index in [0.29, 0.717) is 0 Å². The van der Waals surface area contributed by atoms with Gasteiger partial charge in [-0.1, -0.05) is 0 Å². The highest BCUT2D eigenvalue weighted by molar-refractivity contribution is 5.98. The number of hydrogen-bond acceptors (Lipinski definition) is 11. The maximum absolute atomic E-state index is 12.3. The summed E-state index contributed by atoms with van der Waals surface area (Å²) in [4.78, 5) is 62.4. The van der Waals surface area contributed by atoms with E-state index in [1.165, 1.54) is 30.5 Å². The van der Waals surface area contributed by atoms with Crippen molar-refractivity contribution < 1.29 is 34.1 Å². The SMILES string of the molecule is Nc1nc(N)c2nc(COC(=O)c3ccc(C(=O)NC(CCC(=O)O)C(=O)O)cc3)cnc2n1. The number of aromatic nitrogens is 4. The Morgan fingerprint density at radius 2 is 1.68 bits per heavy atom. The first-order valence-electron chi connectivity index (χ1n) is 9.71. The maximum Gasteiger partial charge on any atom is 0.338 e. The summed E-state index contributed by atoms with van der Waals surface area (Å²) in [7, 11) is 0. The maximum atomic E-state index is 12.3. The van der Waals surface area contributed by atoms with E-state index in [1.54, 1.807) is 0 Å². The number of benzene rings is 1. The van der Waals surface area contributed by atoms with Crippen LogP contribution in [-0.4, -0.2) is 60.0 Å². The Balaban J connectivity index is 1.61. The third-order valence-electron chi connectivity index (χ3n) is 4.49. The standard InChI is InChI=1S/C20H19N7O7/c21-15-14-16(27-20(22)26-15)23-7-11(24-14)8-34-19(33)10-3-1-9(2-4-10)17(30)25-12(18(31)32)5-6-13(28)29/h1-4,7,12H,5-6,8H2,(H,25,30)(H,28,29)(H,31,32)(H4,21,22,23,26,27). The minimum Gasteiger partial charge on any atom is -0.481 e. The van der Waals surface area contributed by atoms with Crippen LogP contribution in [0.4, 0.5) is 11.8 Å².